The lowest BCUT2D eigenvalue weighted by Gasteiger charge is -2.33. The van der Waals surface area contributed by atoms with E-state index >= 15 is 0 Å². The maximum Gasteiger partial charge on any atom is 0.264 e. The normalized spacial score (nSPS) is 14.5. The van der Waals surface area contributed by atoms with E-state index in [4.69, 9.17) is 0 Å². The van der Waals surface area contributed by atoms with Crippen molar-refractivity contribution in [3.8, 4) is 0 Å². The van der Waals surface area contributed by atoms with Gasteiger partial charge in [0.1, 0.15) is 12.6 Å². The van der Waals surface area contributed by atoms with Gasteiger partial charge in [-0.3, -0.25) is 13.9 Å². The molecule has 0 spiro atoms. The average Bonchev–Trinajstić information content (AvgIpc) is 3.46. The highest BCUT2D eigenvalue weighted by atomic mass is 32.2. The van der Waals surface area contributed by atoms with E-state index in [1.165, 1.54) is 4.90 Å². The van der Waals surface area contributed by atoms with Gasteiger partial charge in [0.15, 0.2) is 0 Å². The number of carbonyl (C=O) groups excluding carboxylic acids is 2. The molecule has 0 heterocycles. The molecule has 2 amide bonds. The molecule has 1 atom stereocenters. The number of aryl methyl sites for hydroxylation is 2. The van der Waals surface area contributed by atoms with E-state index in [1.54, 1.807) is 36.4 Å². The van der Waals surface area contributed by atoms with Crippen LogP contribution in [-0.2, 0) is 26.2 Å². The number of benzene rings is 3. The Morgan fingerprint density at radius 1 is 0.875 bits per heavy atom. The number of anilines is 1. The maximum absolute atomic E-state index is 14.1. The third-order valence-corrected chi connectivity index (χ3v) is 9.28. The topological polar surface area (TPSA) is 86.8 Å². The summed E-state index contributed by atoms with van der Waals surface area (Å²) in [6.07, 6.45) is 4.44. The molecule has 1 aliphatic rings. The van der Waals surface area contributed by atoms with E-state index in [0.717, 1.165) is 46.7 Å². The molecular formula is C32H39N3O4S. The first-order chi connectivity index (χ1) is 19.2. The van der Waals surface area contributed by atoms with Crippen molar-refractivity contribution >= 4 is 27.5 Å². The van der Waals surface area contributed by atoms with Gasteiger partial charge in [-0.05, 0) is 62.9 Å². The number of nitrogens with one attached hydrogen (secondary N) is 1. The second-order valence-electron chi connectivity index (χ2n) is 10.6. The van der Waals surface area contributed by atoms with E-state index < -0.39 is 28.5 Å². The van der Waals surface area contributed by atoms with Crippen LogP contribution in [0.15, 0.2) is 83.8 Å². The van der Waals surface area contributed by atoms with Crippen molar-refractivity contribution in [3.63, 3.8) is 0 Å². The van der Waals surface area contributed by atoms with E-state index in [1.807, 2.05) is 63.2 Å². The predicted molar refractivity (Wildman–Crippen MR) is 158 cm³/mol. The molecule has 1 unspecified atom stereocenters. The van der Waals surface area contributed by atoms with Crippen LogP contribution in [0.25, 0.3) is 0 Å². The molecule has 3 aromatic carbocycles. The number of nitrogens with zero attached hydrogens (tertiary/aromatic N) is 2. The second kappa shape index (κ2) is 13.1. The number of rotatable bonds is 11. The number of hydrogen-bond donors (Lipinski definition) is 1. The molecule has 212 valence electrons. The maximum atomic E-state index is 14.1. The fraction of sp³-hybridized carbons (Fsp3) is 0.375. The van der Waals surface area contributed by atoms with Crippen LogP contribution in [0.1, 0.15) is 55.7 Å². The van der Waals surface area contributed by atoms with Gasteiger partial charge in [0.2, 0.25) is 11.8 Å². The Labute approximate surface area is 238 Å². The monoisotopic (exact) mass is 561 g/mol. The highest BCUT2D eigenvalue weighted by Crippen LogP contribution is 2.26. The third-order valence-electron chi connectivity index (χ3n) is 7.49. The minimum Gasteiger partial charge on any atom is -0.352 e. The Balaban J connectivity index is 1.69. The Morgan fingerprint density at radius 3 is 2.02 bits per heavy atom. The molecule has 0 radical (unpaired) electrons. The third kappa shape index (κ3) is 7.10. The van der Waals surface area contributed by atoms with Gasteiger partial charge in [-0.25, -0.2) is 8.42 Å². The molecule has 1 N–H and O–H groups in total. The molecule has 8 heteroatoms. The minimum atomic E-state index is -4.07. The fourth-order valence-electron chi connectivity index (χ4n) is 5.14. The van der Waals surface area contributed by atoms with E-state index in [-0.39, 0.29) is 23.4 Å². The largest absolute Gasteiger partial charge is 0.352 e. The zero-order valence-electron chi connectivity index (χ0n) is 23.5. The lowest BCUT2D eigenvalue weighted by molar-refractivity contribution is -0.140. The van der Waals surface area contributed by atoms with Crippen LogP contribution >= 0.6 is 0 Å². The summed E-state index contributed by atoms with van der Waals surface area (Å²) in [7, 11) is -4.07. The number of sulfonamides is 1. The number of carbonyl (C=O) groups is 2. The molecule has 40 heavy (non-hydrogen) atoms. The summed E-state index contributed by atoms with van der Waals surface area (Å²) in [4.78, 5) is 29.2. The lowest BCUT2D eigenvalue weighted by Crippen LogP contribution is -2.53. The highest BCUT2D eigenvalue weighted by Gasteiger charge is 2.34. The average molecular weight is 562 g/mol. The molecule has 0 saturated heterocycles. The summed E-state index contributed by atoms with van der Waals surface area (Å²) in [5.74, 6) is -0.629. The molecule has 4 rings (SSSR count). The van der Waals surface area contributed by atoms with Gasteiger partial charge >= 0.3 is 0 Å². The Morgan fingerprint density at radius 2 is 1.45 bits per heavy atom. The smallest absolute Gasteiger partial charge is 0.264 e. The second-order valence-corrected chi connectivity index (χ2v) is 12.4. The fourth-order valence-corrected chi connectivity index (χ4v) is 6.56. The Hall–Kier alpha value is -3.65. The van der Waals surface area contributed by atoms with Gasteiger partial charge < -0.3 is 10.2 Å². The summed E-state index contributed by atoms with van der Waals surface area (Å²) in [5.41, 5.74) is 3.17. The van der Waals surface area contributed by atoms with Gasteiger partial charge in [-0.2, -0.15) is 0 Å². The van der Waals surface area contributed by atoms with E-state index in [9.17, 15) is 18.0 Å². The van der Waals surface area contributed by atoms with E-state index in [0.29, 0.717) is 12.1 Å². The van der Waals surface area contributed by atoms with Gasteiger partial charge in [0, 0.05) is 12.6 Å². The molecule has 7 nitrogen and oxygen atoms in total. The summed E-state index contributed by atoms with van der Waals surface area (Å²) in [6, 6.07) is 22.5. The van der Waals surface area contributed by atoms with E-state index in [2.05, 4.69) is 5.32 Å². The van der Waals surface area contributed by atoms with Crippen molar-refractivity contribution in [1.82, 2.24) is 10.2 Å². The molecule has 1 fully saturated rings. The van der Waals surface area contributed by atoms with Crippen molar-refractivity contribution in [3.05, 3.63) is 95.6 Å². The first-order valence-corrected chi connectivity index (χ1v) is 15.4. The summed E-state index contributed by atoms with van der Waals surface area (Å²) >= 11 is 0. The molecule has 3 aromatic rings. The summed E-state index contributed by atoms with van der Waals surface area (Å²) in [5, 5.41) is 3.14. The minimum absolute atomic E-state index is 0.104. The van der Waals surface area contributed by atoms with Gasteiger partial charge in [0.25, 0.3) is 10.0 Å². The Kier molecular flexibility index (Phi) is 9.63. The molecule has 0 aromatic heterocycles. The molecular weight excluding hydrogens is 522 g/mol. The van der Waals surface area contributed by atoms with Crippen LogP contribution in [0.4, 0.5) is 5.69 Å². The van der Waals surface area contributed by atoms with Crippen LogP contribution in [0, 0.1) is 13.8 Å². The van der Waals surface area contributed by atoms with Gasteiger partial charge in [-0.15, -0.1) is 0 Å². The quantitative estimate of drug-likeness (QED) is 0.341. The standard InChI is InChI=1S/C32H39N3O4S/c1-4-30(32(37)33-27-12-8-9-13-27)34(22-26-10-6-5-7-11-26)31(36)23-35(28-18-14-24(2)15-19-28)40(38,39)29-20-16-25(3)17-21-29/h5-7,10-11,14-21,27,30H,4,8-9,12-13,22-23H2,1-3H3,(H,33,37). The van der Waals surface area contributed by atoms with Crippen LogP contribution in [0.5, 0.6) is 0 Å². The van der Waals surface area contributed by atoms with Crippen molar-refractivity contribution in [2.24, 2.45) is 0 Å². The first kappa shape index (κ1) is 29.3. The lowest BCUT2D eigenvalue weighted by atomic mass is 10.1. The predicted octanol–water partition coefficient (Wildman–Crippen LogP) is 5.36. The van der Waals surface area contributed by atoms with Crippen LogP contribution < -0.4 is 9.62 Å². The van der Waals surface area contributed by atoms with Crippen molar-refractivity contribution in [2.45, 2.75) is 76.4 Å². The van der Waals surface area contributed by atoms with Crippen LogP contribution in [-0.4, -0.2) is 43.8 Å². The summed E-state index contributed by atoms with van der Waals surface area (Å²) < 4.78 is 29.0. The zero-order chi connectivity index (χ0) is 28.7. The van der Waals surface area contributed by atoms with Crippen molar-refractivity contribution in [1.29, 1.82) is 0 Å². The molecule has 0 bridgehead atoms. The van der Waals surface area contributed by atoms with Crippen LogP contribution in [0.2, 0.25) is 0 Å². The van der Waals surface area contributed by atoms with Crippen molar-refractivity contribution in [2.75, 3.05) is 10.8 Å². The molecule has 1 aliphatic carbocycles. The van der Waals surface area contributed by atoms with Gasteiger partial charge in [-0.1, -0.05) is 85.5 Å². The first-order valence-electron chi connectivity index (χ1n) is 14.0. The molecule has 1 saturated carbocycles. The number of hydrogen-bond acceptors (Lipinski definition) is 4. The molecule has 0 aliphatic heterocycles. The zero-order valence-corrected chi connectivity index (χ0v) is 24.4. The number of amides is 2. The highest BCUT2D eigenvalue weighted by molar-refractivity contribution is 7.92. The SMILES string of the molecule is CCC(C(=O)NC1CCCC1)N(Cc1ccccc1)C(=O)CN(c1ccc(C)cc1)S(=O)(=O)c1ccc(C)cc1. The summed E-state index contributed by atoms with van der Waals surface area (Å²) in [6.45, 7) is 5.46. The van der Waals surface area contributed by atoms with Crippen molar-refractivity contribution < 1.29 is 18.0 Å². The van der Waals surface area contributed by atoms with Crippen LogP contribution in [0.3, 0.4) is 0 Å². The van der Waals surface area contributed by atoms with Gasteiger partial charge in [0.05, 0.1) is 10.6 Å². The Bertz CT molecular complexity index is 1380.